The first-order chi connectivity index (χ1) is 14.7. The van der Waals surface area contributed by atoms with Gasteiger partial charge in [0.25, 0.3) is 11.5 Å². The van der Waals surface area contributed by atoms with Gasteiger partial charge in [0, 0.05) is 18.3 Å². The lowest BCUT2D eigenvalue weighted by atomic mass is 10.0. The average molecular weight is 425 g/mol. The summed E-state index contributed by atoms with van der Waals surface area (Å²) >= 11 is 0. The van der Waals surface area contributed by atoms with Gasteiger partial charge in [-0.15, -0.1) is 0 Å². The van der Waals surface area contributed by atoms with Crippen LogP contribution < -0.4 is 21.3 Å². The molecule has 3 aromatic rings. The van der Waals surface area contributed by atoms with Gasteiger partial charge in [0.2, 0.25) is 0 Å². The molecule has 0 spiro atoms. The van der Waals surface area contributed by atoms with E-state index in [1.807, 2.05) is 45.0 Å². The summed E-state index contributed by atoms with van der Waals surface area (Å²) in [6.45, 7) is 7.91. The number of fused-ring (bicyclic) bond motifs is 1. The van der Waals surface area contributed by atoms with Gasteiger partial charge in [-0.3, -0.25) is 19.1 Å². The predicted octanol–water partition coefficient (Wildman–Crippen LogP) is 2.60. The van der Waals surface area contributed by atoms with Crippen LogP contribution in [-0.4, -0.2) is 33.6 Å². The molecule has 1 aromatic carbocycles. The Kier molecular flexibility index (Phi) is 6.58. The predicted molar refractivity (Wildman–Crippen MR) is 120 cm³/mol. The number of aryl methyl sites for hydroxylation is 1. The number of benzene rings is 1. The molecule has 0 fully saturated rings. The van der Waals surface area contributed by atoms with Crippen molar-refractivity contribution in [2.75, 3.05) is 7.11 Å². The molecule has 0 radical (unpaired) electrons. The number of ether oxygens (including phenoxy) is 1. The number of methoxy groups -OCH3 is 1. The topological polar surface area (TPSA) is 106 Å². The second kappa shape index (κ2) is 9.16. The third kappa shape index (κ3) is 4.68. The van der Waals surface area contributed by atoms with E-state index >= 15 is 0 Å². The normalized spacial score (nSPS) is 12.2. The third-order valence-corrected chi connectivity index (χ3v) is 5.17. The van der Waals surface area contributed by atoms with E-state index in [2.05, 4.69) is 15.3 Å². The Morgan fingerprint density at radius 1 is 1.23 bits per heavy atom. The van der Waals surface area contributed by atoms with Crippen molar-refractivity contribution in [3.05, 3.63) is 68.0 Å². The molecule has 8 nitrogen and oxygen atoms in total. The van der Waals surface area contributed by atoms with Gasteiger partial charge in [0.15, 0.2) is 5.65 Å². The van der Waals surface area contributed by atoms with Crippen LogP contribution in [0.15, 0.2) is 39.9 Å². The molecular weight excluding hydrogens is 396 g/mol. The smallest absolute Gasteiger partial charge is 0.329 e. The second-order valence-corrected chi connectivity index (χ2v) is 7.88. The molecule has 2 heterocycles. The average Bonchev–Trinajstić information content (AvgIpc) is 2.72. The summed E-state index contributed by atoms with van der Waals surface area (Å²) in [4.78, 5) is 44.9. The number of amides is 1. The summed E-state index contributed by atoms with van der Waals surface area (Å²) in [5.74, 6) is 0.392. The van der Waals surface area contributed by atoms with Gasteiger partial charge in [-0.05, 0) is 49.9 Å². The molecule has 0 aliphatic carbocycles. The van der Waals surface area contributed by atoms with Crippen LogP contribution in [0.1, 0.15) is 55.2 Å². The lowest BCUT2D eigenvalue weighted by molar-refractivity contribution is 0.0941. The molecule has 164 valence electrons. The number of H-pyrrole nitrogens is 1. The Hall–Kier alpha value is -3.42. The first-order valence-corrected chi connectivity index (χ1v) is 10.4. The van der Waals surface area contributed by atoms with E-state index < -0.39 is 11.2 Å². The van der Waals surface area contributed by atoms with Crippen molar-refractivity contribution < 1.29 is 9.53 Å². The zero-order valence-corrected chi connectivity index (χ0v) is 18.5. The molecule has 2 N–H and O–H groups in total. The third-order valence-electron chi connectivity index (χ3n) is 5.17. The molecule has 1 atom stereocenters. The van der Waals surface area contributed by atoms with Crippen LogP contribution in [0, 0.1) is 0 Å². The minimum Gasteiger partial charge on any atom is -0.497 e. The molecule has 0 bridgehead atoms. The second-order valence-electron chi connectivity index (χ2n) is 7.88. The Balaban J connectivity index is 2.01. The van der Waals surface area contributed by atoms with Crippen LogP contribution >= 0.6 is 0 Å². The number of pyridine rings is 1. The largest absolute Gasteiger partial charge is 0.497 e. The summed E-state index contributed by atoms with van der Waals surface area (Å²) < 4.78 is 6.63. The monoisotopic (exact) mass is 424 g/mol. The fraction of sp³-hybridized carbons (Fsp3) is 0.391. The zero-order valence-electron chi connectivity index (χ0n) is 18.5. The molecule has 0 aliphatic heterocycles. The van der Waals surface area contributed by atoms with Crippen molar-refractivity contribution in [3.8, 4) is 5.75 Å². The maximum atomic E-state index is 13.2. The van der Waals surface area contributed by atoms with Crippen LogP contribution in [0.4, 0.5) is 0 Å². The lowest BCUT2D eigenvalue weighted by Gasteiger charge is -2.17. The minimum absolute atomic E-state index is 0.0184. The Morgan fingerprint density at radius 3 is 2.61 bits per heavy atom. The van der Waals surface area contributed by atoms with E-state index in [-0.39, 0.29) is 34.5 Å². The Bertz CT molecular complexity index is 1230. The van der Waals surface area contributed by atoms with Crippen molar-refractivity contribution in [2.45, 2.75) is 52.6 Å². The number of nitrogens with one attached hydrogen (secondary N) is 2. The van der Waals surface area contributed by atoms with E-state index in [4.69, 9.17) is 4.74 Å². The number of hydrogen-bond donors (Lipinski definition) is 2. The van der Waals surface area contributed by atoms with Crippen molar-refractivity contribution in [3.63, 3.8) is 0 Å². The summed E-state index contributed by atoms with van der Waals surface area (Å²) in [6, 6.07) is 9.10. The fourth-order valence-electron chi connectivity index (χ4n) is 3.57. The molecule has 0 aliphatic rings. The van der Waals surface area contributed by atoms with Gasteiger partial charge in [0.1, 0.15) is 5.75 Å². The summed E-state index contributed by atoms with van der Waals surface area (Å²) in [6.07, 6.45) is 0.596. The maximum absolute atomic E-state index is 13.2. The van der Waals surface area contributed by atoms with E-state index in [0.717, 1.165) is 11.3 Å². The number of hydrogen-bond acceptors (Lipinski definition) is 5. The number of aromatic nitrogens is 3. The van der Waals surface area contributed by atoms with Gasteiger partial charge < -0.3 is 10.1 Å². The van der Waals surface area contributed by atoms with Crippen molar-refractivity contribution in [1.82, 2.24) is 19.9 Å². The molecule has 0 saturated carbocycles. The van der Waals surface area contributed by atoms with E-state index in [1.165, 1.54) is 4.57 Å². The first-order valence-electron chi connectivity index (χ1n) is 10.4. The molecule has 31 heavy (non-hydrogen) atoms. The highest BCUT2D eigenvalue weighted by Gasteiger charge is 2.21. The van der Waals surface area contributed by atoms with E-state index in [0.29, 0.717) is 18.7 Å². The number of carbonyl (C=O) groups is 1. The van der Waals surface area contributed by atoms with Crippen LogP contribution in [0.2, 0.25) is 0 Å². The summed E-state index contributed by atoms with van der Waals surface area (Å²) in [7, 11) is 1.61. The molecule has 1 amide bonds. The fourth-order valence-corrected chi connectivity index (χ4v) is 3.57. The lowest BCUT2D eigenvalue weighted by Crippen LogP contribution is -2.36. The number of aromatic amines is 1. The highest BCUT2D eigenvalue weighted by molar-refractivity contribution is 6.05. The van der Waals surface area contributed by atoms with Crippen molar-refractivity contribution >= 4 is 16.9 Å². The molecule has 2 aromatic heterocycles. The van der Waals surface area contributed by atoms with E-state index in [1.54, 1.807) is 20.1 Å². The zero-order chi connectivity index (χ0) is 22.7. The number of carbonyl (C=O) groups excluding carboxylic acids is 1. The maximum Gasteiger partial charge on any atom is 0.329 e. The van der Waals surface area contributed by atoms with Crippen molar-refractivity contribution in [2.24, 2.45) is 0 Å². The Labute approximate surface area is 180 Å². The molecular formula is C23H28N4O4. The molecule has 3 rings (SSSR count). The minimum atomic E-state index is -0.613. The summed E-state index contributed by atoms with van der Waals surface area (Å²) in [5, 5.41) is 3.09. The molecule has 1 unspecified atom stereocenters. The highest BCUT2D eigenvalue weighted by Crippen LogP contribution is 2.20. The molecule has 8 heteroatoms. The number of nitrogens with zero attached hydrogens (tertiary/aromatic N) is 2. The standard InChI is InChI=1S/C23H28N4O4/c1-6-27-20-19(22(29)26-23(27)30)17(12-18(25-20)13(2)3)21(28)24-14(4)10-15-8-7-9-16(11-15)31-5/h7-9,11-14H,6,10H2,1-5H3,(H,24,28)(H,26,29,30). The van der Waals surface area contributed by atoms with Crippen molar-refractivity contribution in [1.29, 1.82) is 0 Å². The Morgan fingerprint density at radius 2 is 1.97 bits per heavy atom. The van der Waals surface area contributed by atoms with E-state index in [9.17, 15) is 14.4 Å². The van der Waals surface area contributed by atoms with Crippen LogP contribution in [-0.2, 0) is 13.0 Å². The summed E-state index contributed by atoms with van der Waals surface area (Å²) in [5.41, 5.74) is 0.963. The van der Waals surface area contributed by atoms with Crippen LogP contribution in [0.3, 0.4) is 0 Å². The number of rotatable bonds is 7. The van der Waals surface area contributed by atoms with Gasteiger partial charge >= 0.3 is 5.69 Å². The van der Waals surface area contributed by atoms with Gasteiger partial charge in [0.05, 0.1) is 18.1 Å². The van der Waals surface area contributed by atoms with Crippen LogP contribution in [0.25, 0.3) is 11.0 Å². The SMILES string of the molecule is CCn1c(=O)[nH]c(=O)c2c(C(=O)NC(C)Cc3cccc(OC)c3)cc(C(C)C)nc21. The first kappa shape index (κ1) is 22.3. The quantitative estimate of drug-likeness (QED) is 0.606. The highest BCUT2D eigenvalue weighted by atomic mass is 16.5. The molecule has 0 saturated heterocycles. The van der Waals surface area contributed by atoms with Gasteiger partial charge in [-0.2, -0.15) is 0 Å². The van der Waals surface area contributed by atoms with Gasteiger partial charge in [-0.25, -0.2) is 9.78 Å². The van der Waals surface area contributed by atoms with Gasteiger partial charge in [-0.1, -0.05) is 26.0 Å². The van der Waals surface area contributed by atoms with Crippen LogP contribution in [0.5, 0.6) is 5.75 Å².